The zero-order chi connectivity index (χ0) is 14.9. The van der Waals surface area contributed by atoms with Gasteiger partial charge in [-0.3, -0.25) is 0 Å². The quantitative estimate of drug-likeness (QED) is 0.821. The van der Waals surface area contributed by atoms with Crippen LogP contribution in [0.5, 0.6) is 11.5 Å². The zero-order valence-electron chi connectivity index (χ0n) is 13.1. The van der Waals surface area contributed by atoms with Crippen molar-refractivity contribution in [3.05, 3.63) is 23.8 Å². The maximum absolute atomic E-state index is 10.2. The van der Waals surface area contributed by atoms with Crippen LogP contribution >= 0.6 is 0 Å². The van der Waals surface area contributed by atoms with E-state index < -0.39 is 6.10 Å². The number of aliphatic hydroxyl groups excluding tert-OH is 1. The third-order valence-electron chi connectivity index (χ3n) is 4.52. The van der Waals surface area contributed by atoms with E-state index in [1.165, 1.54) is 25.7 Å². The molecule has 1 N–H and O–H groups in total. The van der Waals surface area contributed by atoms with Gasteiger partial charge >= 0.3 is 0 Å². The third-order valence-corrected chi connectivity index (χ3v) is 4.52. The van der Waals surface area contributed by atoms with E-state index in [0.717, 1.165) is 29.9 Å². The van der Waals surface area contributed by atoms with Crippen molar-refractivity contribution in [2.24, 2.45) is 0 Å². The molecule has 0 aromatic heterocycles. The highest BCUT2D eigenvalue weighted by molar-refractivity contribution is 5.43. The lowest BCUT2D eigenvalue weighted by Gasteiger charge is -2.35. The molecule has 1 fully saturated rings. The van der Waals surface area contributed by atoms with Crippen LogP contribution in [0.4, 0.5) is 0 Å². The Morgan fingerprint density at radius 1 is 1.14 bits per heavy atom. The van der Waals surface area contributed by atoms with Gasteiger partial charge in [0.2, 0.25) is 0 Å². The second kappa shape index (κ2) is 5.88. The fraction of sp³-hybridized carbons (Fsp3) is 0.667. The Bertz CT molecular complexity index is 487. The molecule has 0 spiro atoms. The first-order valence-electron chi connectivity index (χ1n) is 8.21. The molecule has 1 aromatic rings. The Morgan fingerprint density at radius 3 is 2.57 bits per heavy atom. The largest absolute Gasteiger partial charge is 0.490 e. The van der Waals surface area contributed by atoms with Crippen LogP contribution in [0.1, 0.15) is 70.5 Å². The molecular formula is C18H26O3. The monoisotopic (exact) mass is 290 g/mol. The molecule has 3 rings (SSSR count). The highest BCUT2D eigenvalue weighted by Crippen LogP contribution is 2.41. The highest BCUT2D eigenvalue weighted by Gasteiger charge is 2.33. The summed E-state index contributed by atoms with van der Waals surface area (Å²) in [6, 6.07) is 5.86. The molecule has 21 heavy (non-hydrogen) atoms. The molecule has 1 saturated carbocycles. The average Bonchev–Trinajstić information content (AvgIpc) is 2.65. The van der Waals surface area contributed by atoms with Crippen LogP contribution < -0.4 is 9.47 Å². The van der Waals surface area contributed by atoms with E-state index in [-0.39, 0.29) is 5.60 Å². The highest BCUT2D eigenvalue weighted by atomic mass is 16.5. The van der Waals surface area contributed by atoms with E-state index in [0.29, 0.717) is 12.5 Å². The molecule has 1 aromatic carbocycles. The number of hydrogen-bond acceptors (Lipinski definition) is 3. The van der Waals surface area contributed by atoms with Crippen molar-refractivity contribution in [3.8, 4) is 11.5 Å². The SMILES string of the molecule is CC1(C)CC(O)c2ccc(OC3CCCCCC3)cc2O1. The summed E-state index contributed by atoms with van der Waals surface area (Å²) < 4.78 is 12.1. The summed E-state index contributed by atoms with van der Waals surface area (Å²) in [5, 5.41) is 10.2. The first-order valence-corrected chi connectivity index (χ1v) is 8.21. The van der Waals surface area contributed by atoms with Gasteiger partial charge in [-0.1, -0.05) is 12.8 Å². The maximum Gasteiger partial charge on any atom is 0.129 e. The van der Waals surface area contributed by atoms with Crippen LogP contribution in [0.3, 0.4) is 0 Å². The standard InChI is InChI=1S/C18H26O3/c1-18(2)12-16(19)15-10-9-14(11-17(15)21-18)20-13-7-5-3-4-6-8-13/h9-11,13,16,19H,3-8,12H2,1-2H3. The molecule has 1 aliphatic carbocycles. The Labute approximate surface area is 127 Å². The summed E-state index contributed by atoms with van der Waals surface area (Å²) in [5.74, 6) is 1.63. The van der Waals surface area contributed by atoms with Gasteiger partial charge < -0.3 is 14.6 Å². The smallest absolute Gasteiger partial charge is 0.129 e. The molecule has 116 valence electrons. The molecular weight excluding hydrogens is 264 g/mol. The molecule has 1 atom stereocenters. The van der Waals surface area contributed by atoms with Crippen molar-refractivity contribution >= 4 is 0 Å². The molecule has 0 radical (unpaired) electrons. The molecule has 0 saturated heterocycles. The predicted molar refractivity (Wildman–Crippen MR) is 82.8 cm³/mol. The molecule has 1 aliphatic heterocycles. The molecule has 3 heteroatoms. The van der Waals surface area contributed by atoms with Crippen LogP contribution in [0.15, 0.2) is 18.2 Å². The summed E-state index contributed by atoms with van der Waals surface area (Å²) >= 11 is 0. The van der Waals surface area contributed by atoms with Crippen LogP contribution in [-0.2, 0) is 0 Å². The van der Waals surface area contributed by atoms with Crippen LogP contribution in [0, 0.1) is 0 Å². The summed E-state index contributed by atoms with van der Waals surface area (Å²) in [5.41, 5.74) is 0.551. The number of ether oxygens (including phenoxy) is 2. The van der Waals surface area contributed by atoms with Crippen molar-refractivity contribution < 1.29 is 14.6 Å². The number of fused-ring (bicyclic) bond motifs is 1. The van der Waals surface area contributed by atoms with Gasteiger partial charge in [0.25, 0.3) is 0 Å². The van der Waals surface area contributed by atoms with Crippen molar-refractivity contribution in [1.29, 1.82) is 0 Å². The average molecular weight is 290 g/mol. The van der Waals surface area contributed by atoms with Crippen molar-refractivity contribution in [2.75, 3.05) is 0 Å². The Kier molecular flexibility index (Phi) is 4.12. The fourth-order valence-electron chi connectivity index (χ4n) is 3.42. The molecule has 1 unspecified atom stereocenters. The minimum atomic E-state index is -0.448. The van der Waals surface area contributed by atoms with Gasteiger partial charge in [0.05, 0.1) is 12.2 Å². The van der Waals surface area contributed by atoms with E-state index in [9.17, 15) is 5.11 Å². The number of hydrogen-bond donors (Lipinski definition) is 1. The van der Waals surface area contributed by atoms with Gasteiger partial charge in [0.15, 0.2) is 0 Å². The van der Waals surface area contributed by atoms with Crippen molar-refractivity contribution in [2.45, 2.75) is 76.6 Å². The Hall–Kier alpha value is -1.22. The van der Waals surface area contributed by atoms with Gasteiger partial charge in [-0.05, 0) is 51.7 Å². The van der Waals surface area contributed by atoms with E-state index >= 15 is 0 Å². The summed E-state index contributed by atoms with van der Waals surface area (Å²) in [6.45, 7) is 4.02. The van der Waals surface area contributed by atoms with Crippen LogP contribution in [-0.4, -0.2) is 16.8 Å². The topological polar surface area (TPSA) is 38.7 Å². The number of benzene rings is 1. The van der Waals surface area contributed by atoms with Gasteiger partial charge in [-0.2, -0.15) is 0 Å². The lowest BCUT2D eigenvalue weighted by atomic mass is 9.92. The van der Waals surface area contributed by atoms with E-state index in [4.69, 9.17) is 9.47 Å². The van der Waals surface area contributed by atoms with Crippen molar-refractivity contribution in [1.82, 2.24) is 0 Å². The third kappa shape index (κ3) is 3.52. The Balaban J connectivity index is 1.76. The van der Waals surface area contributed by atoms with Crippen LogP contribution in [0.2, 0.25) is 0 Å². The lowest BCUT2D eigenvalue weighted by molar-refractivity contribution is 0.0112. The van der Waals surface area contributed by atoms with Gasteiger partial charge in [0, 0.05) is 18.1 Å². The van der Waals surface area contributed by atoms with E-state index in [2.05, 4.69) is 0 Å². The normalized spacial score (nSPS) is 25.6. The summed E-state index contributed by atoms with van der Waals surface area (Å²) in [6.07, 6.45) is 7.97. The summed E-state index contributed by atoms with van der Waals surface area (Å²) in [4.78, 5) is 0. The Morgan fingerprint density at radius 2 is 1.86 bits per heavy atom. The first-order chi connectivity index (χ1) is 10.0. The maximum atomic E-state index is 10.2. The summed E-state index contributed by atoms with van der Waals surface area (Å²) in [7, 11) is 0. The second-order valence-corrected chi connectivity index (χ2v) is 7.01. The fourth-order valence-corrected chi connectivity index (χ4v) is 3.42. The van der Waals surface area contributed by atoms with Gasteiger partial charge in [-0.15, -0.1) is 0 Å². The number of aliphatic hydroxyl groups is 1. The number of rotatable bonds is 2. The van der Waals surface area contributed by atoms with Crippen LogP contribution in [0.25, 0.3) is 0 Å². The second-order valence-electron chi connectivity index (χ2n) is 7.01. The van der Waals surface area contributed by atoms with Gasteiger partial charge in [-0.25, -0.2) is 0 Å². The first kappa shape index (κ1) is 14.7. The predicted octanol–water partition coefficient (Wildman–Crippen LogP) is 4.38. The van der Waals surface area contributed by atoms with Crippen molar-refractivity contribution in [3.63, 3.8) is 0 Å². The van der Waals surface area contributed by atoms with E-state index in [1.54, 1.807) is 0 Å². The lowest BCUT2D eigenvalue weighted by Crippen LogP contribution is -2.34. The van der Waals surface area contributed by atoms with Gasteiger partial charge in [0.1, 0.15) is 17.1 Å². The van der Waals surface area contributed by atoms with E-state index in [1.807, 2.05) is 32.0 Å². The molecule has 3 nitrogen and oxygen atoms in total. The molecule has 1 heterocycles. The minimum absolute atomic E-state index is 0.326. The molecule has 0 amide bonds. The molecule has 0 bridgehead atoms. The minimum Gasteiger partial charge on any atom is -0.490 e. The zero-order valence-corrected chi connectivity index (χ0v) is 13.1. The molecule has 2 aliphatic rings.